The van der Waals surface area contributed by atoms with E-state index in [-0.39, 0.29) is 25.8 Å². The number of carbonyl (C=O) groups is 11. The summed E-state index contributed by atoms with van der Waals surface area (Å²) in [5.74, 6) is -13.9. The summed E-state index contributed by atoms with van der Waals surface area (Å²) >= 11 is 0. The third-order valence-electron chi connectivity index (χ3n) is 7.45. The van der Waals surface area contributed by atoms with Crippen LogP contribution in [0.5, 0.6) is 0 Å². The number of nitrogens with one attached hydrogen (secondary N) is 5. The van der Waals surface area contributed by atoms with Crippen LogP contribution in [0, 0.1) is 0 Å². The van der Waals surface area contributed by atoms with Crippen molar-refractivity contribution in [3.63, 3.8) is 0 Å². The Hall–Kier alpha value is -5.91. The fourth-order valence-electron chi connectivity index (χ4n) is 4.54. The van der Waals surface area contributed by atoms with Crippen LogP contribution in [0.3, 0.4) is 0 Å². The molecule has 0 aromatic carbocycles. The van der Waals surface area contributed by atoms with E-state index in [0.29, 0.717) is 6.42 Å². The zero-order valence-corrected chi connectivity index (χ0v) is 29.1. The van der Waals surface area contributed by atoms with Crippen LogP contribution in [0.25, 0.3) is 0 Å². The van der Waals surface area contributed by atoms with Crippen molar-refractivity contribution in [1.82, 2.24) is 26.6 Å². The summed E-state index contributed by atoms with van der Waals surface area (Å²) in [4.78, 5) is 133. The van der Waals surface area contributed by atoms with Gasteiger partial charge in [0.15, 0.2) is 0 Å². The Kier molecular flexibility index (Phi) is 22.4. The Morgan fingerprint density at radius 1 is 0.444 bits per heavy atom. The molecule has 6 atom stereocenters. The van der Waals surface area contributed by atoms with Gasteiger partial charge in [-0.2, -0.15) is 0 Å². The van der Waals surface area contributed by atoms with Gasteiger partial charge in [0.25, 0.3) is 0 Å². The van der Waals surface area contributed by atoms with E-state index in [9.17, 15) is 68.1 Å². The van der Waals surface area contributed by atoms with Crippen LogP contribution in [-0.2, 0) is 52.7 Å². The Bertz CT molecular complexity index is 1390. The van der Waals surface area contributed by atoms with Gasteiger partial charge in [-0.1, -0.05) is 0 Å². The molecule has 0 rings (SSSR count). The van der Waals surface area contributed by atoms with Gasteiger partial charge in [0, 0.05) is 25.7 Å². The topological polar surface area (TPSA) is 427 Å². The van der Waals surface area contributed by atoms with Crippen LogP contribution in [0.2, 0.25) is 0 Å². The average Bonchev–Trinajstić information content (AvgIpc) is 3.07. The molecule has 0 aromatic heterocycles. The van der Waals surface area contributed by atoms with Crippen LogP contribution < -0.4 is 43.8 Å². The van der Waals surface area contributed by atoms with Gasteiger partial charge < -0.3 is 69.3 Å². The van der Waals surface area contributed by atoms with Crippen molar-refractivity contribution in [2.45, 2.75) is 113 Å². The molecule has 0 saturated carbocycles. The van der Waals surface area contributed by atoms with Gasteiger partial charge in [-0.25, -0.2) is 4.79 Å². The molecular formula is C30H48N8O16. The van der Waals surface area contributed by atoms with Gasteiger partial charge in [0.2, 0.25) is 35.4 Å². The zero-order chi connectivity index (χ0) is 41.5. The number of rotatable bonds is 29. The lowest BCUT2D eigenvalue weighted by molar-refractivity contribution is -0.144. The highest BCUT2D eigenvalue weighted by Gasteiger charge is 2.34. The highest BCUT2D eigenvalue weighted by Crippen LogP contribution is 2.09. The fourth-order valence-corrected chi connectivity index (χ4v) is 4.54. The zero-order valence-electron chi connectivity index (χ0n) is 29.1. The normalized spacial score (nSPS) is 14.0. The number of aliphatic carboxylic acids is 5. The molecule has 0 aliphatic rings. The molecule has 16 N–H and O–H groups in total. The van der Waals surface area contributed by atoms with Crippen LogP contribution >= 0.6 is 0 Å². The summed E-state index contributed by atoms with van der Waals surface area (Å²) in [5.41, 5.74) is 16.4. The summed E-state index contributed by atoms with van der Waals surface area (Å²) in [6.45, 7) is 0.146. The maximum atomic E-state index is 13.5. The Morgan fingerprint density at radius 3 is 1.22 bits per heavy atom. The molecule has 0 saturated heterocycles. The predicted octanol–water partition coefficient (Wildman–Crippen LogP) is -4.71. The average molecular weight is 777 g/mol. The van der Waals surface area contributed by atoms with Crippen molar-refractivity contribution in [2.75, 3.05) is 6.54 Å². The van der Waals surface area contributed by atoms with E-state index in [2.05, 4.69) is 21.3 Å². The number of primary amides is 1. The molecular weight excluding hydrogens is 728 g/mol. The van der Waals surface area contributed by atoms with Crippen LogP contribution in [-0.4, -0.2) is 134 Å². The molecule has 0 radical (unpaired) electrons. The van der Waals surface area contributed by atoms with Gasteiger partial charge in [0.05, 0.1) is 12.5 Å². The second-order valence-corrected chi connectivity index (χ2v) is 11.9. The van der Waals surface area contributed by atoms with Crippen LogP contribution in [0.1, 0.15) is 77.0 Å². The van der Waals surface area contributed by atoms with E-state index in [1.807, 2.05) is 5.32 Å². The number of carboxylic acids is 5. The highest BCUT2D eigenvalue weighted by molar-refractivity contribution is 5.97. The first-order chi connectivity index (χ1) is 25.2. The van der Waals surface area contributed by atoms with E-state index in [4.69, 9.17) is 27.4 Å². The molecule has 0 aliphatic carbocycles. The maximum absolute atomic E-state index is 13.5. The lowest BCUT2D eigenvalue weighted by atomic mass is 10.0. The molecule has 0 aliphatic heterocycles. The molecule has 0 spiro atoms. The first kappa shape index (κ1) is 48.1. The van der Waals surface area contributed by atoms with E-state index in [1.165, 1.54) is 0 Å². The van der Waals surface area contributed by atoms with E-state index in [0.717, 1.165) is 0 Å². The Morgan fingerprint density at radius 2 is 0.815 bits per heavy atom. The monoisotopic (exact) mass is 776 g/mol. The summed E-state index contributed by atoms with van der Waals surface area (Å²) < 4.78 is 0. The number of carboxylic acid groups (broad SMARTS) is 5. The molecule has 24 heteroatoms. The van der Waals surface area contributed by atoms with Crippen LogP contribution in [0.15, 0.2) is 0 Å². The van der Waals surface area contributed by atoms with Crippen molar-refractivity contribution in [3.05, 3.63) is 0 Å². The van der Waals surface area contributed by atoms with Gasteiger partial charge >= 0.3 is 29.8 Å². The minimum atomic E-state index is -1.86. The third-order valence-corrected chi connectivity index (χ3v) is 7.45. The molecule has 304 valence electrons. The number of carbonyl (C=O) groups excluding carboxylic acids is 6. The lowest BCUT2D eigenvalue weighted by Gasteiger charge is -2.27. The molecule has 54 heavy (non-hydrogen) atoms. The Balaban J connectivity index is 6.33. The van der Waals surface area contributed by atoms with Gasteiger partial charge in [-0.3, -0.25) is 47.9 Å². The van der Waals surface area contributed by atoms with Crippen molar-refractivity contribution < 1.29 is 78.3 Å². The molecule has 0 bridgehead atoms. The first-order valence-corrected chi connectivity index (χ1v) is 16.5. The Labute approximate surface area is 307 Å². The highest BCUT2D eigenvalue weighted by atomic mass is 16.4. The number of unbranched alkanes of at least 4 members (excludes halogenated alkanes) is 1. The smallest absolute Gasteiger partial charge is 0.326 e. The largest absolute Gasteiger partial charge is 0.481 e. The van der Waals surface area contributed by atoms with E-state index < -0.39 is 153 Å². The molecule has 6 amide bonds. The van der Waals surface area contributed by atoms with Crippen molar-refractivity contribution in [3.8, 4) is 0 Å². The fraction of sp³-hybridized carbons (Fsp3) is 0.633. The third kappa shape index (κ3) is 20.8. The SMILES string of the molecule is NCCCC[C@H](NC(=O)[C@H](CCC(N)=O)NC(=O)[C@H](CC(=O)O)NC(=O)[C@@H](N)CCC(=O)O)C(=O)N[C@@H](CCC(=O)O)C(=O)N[C@@H](CCC(=O)O)C(=O)O. The second kappa shape index (κ2) is 25.1. The number of hydrogen-bond acceptors (Lipinski definition) is 13. The predicted molar refractivity (Wildman–Crippen MR) is 179 cm³/mol. The number of nitrogens with two attached hydrogens (primary N) is 3. The maximum Gasteiger partial charge on any atom is 0.326 e. The molecule has 0 heterocycles. The summed E-state index contributed by atoms with van der Waals surface area (Å²) in [7, 11) is 0. The molecule has 0 fully saturated rings. The molecule has 24 nitrogen and oxygen atoms in total. The summed E-state index contributed by atoms with van der Waals surface area (Å²) in [5, 5.41) is 56.5. The van der Waals surface area contributed by atoms with E-state index >= 15 is 0 Å². The minimum Gasteiger partial charge on any atom is -0.481 e. The standard InChI is InChI=1S/C30H48N8O16/c31-12-2-1-3-15(26(49)35-17(6-10-22(42)43)28(51)37-18(30(53)54)7-11-23(44)45)34-27(50)16(5-8-20(33)39)36-29(52)19(13-24(46)47)38-25(48)14(32)4-9-21(40)41/h14-19H,1-13,31-32H2,(H2,33,39)(H,34,50)(H,35,49)(H,36,52)(H,37,51)(H,38,48)(H,40,41)(H,42,43)(H,44,45)(H,46,47)(H,53,54)/t14-,15-,16-,17-,18-,19-/m0/s1. The molecule has 0 aromatic rings. The van der Waals surface area contributed by atoms with Crippen molar-refractivity contribution >= 4 is 65.3 Å². The van der Waals surface area contributed by atoms with Gasteiger partial charge in [-0.15, -0.1) is 0 Å². The summed E-state index contributed by atoms with van der Waals surface area (Å²) in [6.07, 6.45) is -5.11. The second-order valence-electron chi connectivity index (χ2n) is 11.9. The minimum absolute atomic E-state index is 0.146. The van der Waals surface area contributed by atoms with E-state index in [1.54, 1.807) is 0 Å². The van der Waals surface area contributed by atoms with Crippen molar-refractivity contribution in [1.29, 1.82) is 0 Å². The quantitative estimate of drug-likeness (QED) is 0.0317. The number of hydrogen-bond donors (Lipinski definition) is 13. The van der Waals surface area contributed by atoms with Gasteiger partial charge in [-0.05, 0) is 51.5 Å². The number of amides is 6. The first-order valence-electron chi connectivity index (χ1n) is 16.5. The van der Waals surface area contributed by atoms with Gasteiger partial charge in [0.1, 0.15) is 30.2 Å². The van der Waals surface area contributed by atoms with Crippen molar-refractivity contribution in [2.24, 2.45) is 17.2 Å². The lowest BCUT2D eigenvalue weighted by Crippen LogP contribution is -2.59. The molecule has 0 unspecified atom stereocenters. The summed E-state index contributed by atoms with van der Waals surface area (Å²) in [6, 6.07) is -10.0. The van der Waals surface area contributed by atoms with Crippen LogP contribution in [0.4, 0.5) is 0 Å².